The predicted octanol–water partition coefficient (Wildman–Crippen LogP) is 1.40. The first-order valence-corrected chi connectivity index (χ1v) is 6.07. The number of nitrogens with two attached hydrogens (primary N) is 2. The van der Waals surface area contributed by atoms with E-state index in [1.807, 2.05) is 37.3 Å². The van der Waals surface area contributed by atoms with E-state index in [2.05, 4.69) is 0 Å². The zero-order valence-corrected chi connectivity index (χ0v) is 10.8. The van der Waals surface area contributed by atoms with Crippen LogP contribution in [0.25, 0.3) is 0 Å². The first kappa shape index (κ1) is 14.2. The smallest absolute Gasteiger partial charge is 0.221 e. The fourth-order valence-electron chi connectivity index (χ4n) is 2.06. The highest BCUT2D eigenvalue weighted by Gasteiger charge is 2.28. The molecular weight excluding hydrogens is 228 g/mol. The van der Waals surface area contributed by atoms with Crippen LogP contribution in [0.1, 0.15) is 31.7 Å². The number of hydrogen-bond acceptors (Lipinski definition) is 2. The Hall–Kier alpha value is -1.84. The third kappa shape index (κ3) is 3.58. The molecule has 0 radical (unpaired) electrons. The van der Waals surface area contributed by atoms with Gasteiger partial charge in [-0.25, -0.2) is 0 Å². The van der Waals surface area contributed by atoms with Crippen molar-refractivity contribution in [1.82, 2.24) is 0 Å². The number of carbonyl (C=O) groups is 2. The Morgan fingerprint density at radius 1 is 1.06 bits per heavy atom. The molecule has 1 aromatic rings. The molecule has 0 fully saturated rings. The minimum absolute atomic E-state index is 0.158. The normalized spacial score (nSPS) is 15.7. The van der Waals surface area contributed by atoms with Crippen LogP contribution in [-0.4, -0.2) is 11.8 Å². The third-order valence-electron chi connectivity index (χ3n) is 3.39. The van der Waals surface area contributed by atoms with Crippen LogP contribution in [0.5, 0.6) is 0 Å². The summed E-state index contributed by atoms with van der Waals surface area (Å²) >= 11 is 0. The number of carbonyl (C=O) groups excluding carboxylic acids is 2. The summed E-state index contributed by atoms with van der Waals surface area (Å²) in [4.78, 5) is 22.6. The zero-order chi connectivity index (χ0) is 13.7. The lowest BCUT2D eigenvalue weighted by atomic mass is 9.82. The molecule has 0 saturated carbocycles. The van der Waals surface area contributed by atoms with Crippen molar-refractivity contribution in [1.29, 1.82) is 0 Å². The molecule has 0 bridgehead atoms. The summed E-state index contributed by atoms with van der Waals surface area (Å²) in [5.41, 5.74) is 11.7. The molecule has 3 atom stereocenters. The molecule has 4 N–H and O–H groups in total. The molecule has 4 nitrogen and oxygen atoms in total. The van der Waals surface area contributed by atoms with Gasteiger partial charge in [0.2, 0.25) is 11.8 Å². The molecule has 0 saturated heterocycles. The summed E-state index contributed by atoms with van der Waals surface area (Å²) in [6.45, 7) is 3.66. The van der Waals surface area contributed by atoms with Crippen molar-refractivity contribution in [2.75, 3.05) is 0 Å². The molecule has 18 heavy (non-hydrogen) atoms. The van der Waals surface area contributed by atoms with Gasteiger partial charge in [0.15, 0.2) is 0 Å². The zero-order valence-electron chi connectivity index (χ0n) is 10.8. The topological polar surface area (TPSA) is 86.2 Å². The van der Waals surface area contributed by atoms with Crippen LogP contribution < -0.4 is 11.5 Å². The molecular formula is C14H20N2O2. The van der Waals surface area contributed by atoms with Gasteiger partial charge in [-0.15, -0.1) is 0 Å². The van der Waals surface area contributed by atoms with Gasteiger partial charge in [-0.3, -0.25) is 9.59 Å². The molecule has 0 aliphatic carbocycles. The Morgan fingerprint density at radius 2 is 1.61 bits per heavy atom. The van der Waals surface area contributed by atoms with Gasteiger partial charge >= 0.3 is 0 Å². The standard InChI is InChI=1S/C14H20N2O2/c1-9(11-6-4-3-5-7-11)8-12(14(16)18)10(2)13(15)17/h3-7,9-10,12H,8H2,1-2H3,(H2,15,17)(H2,16,18). The molecule has 2 amide bonds. The molecule has 0 aromatic heterocycles. The van der Waals surface area contributed by atoms with Gasteiger partial charge in [0.1, 0.15) is 0 Å². The van der Waals surface area contributed by atoms with Crippen LogP contribution in [0, 0.1) is 11.8 Å². The van der Waals surface area contributed by atoms with E-state index in [1.54, 1.807) is 6.92 Å². The van der Waals surface area contributed by atoms with Crippen LogP contribution in [0.3, 0.4) is 0 Å². The van der Waals surface area contributed by atoms with E-state index in [9.17, 15) is 9.59 Å². The Bertz CT molecular complexity index is 417. The lowest BCUT2D eigenvalue weighted by Crippen LogP contribution is -2.36. The van der Waals surface area contributed by atoms with E-state index in [-0.39, 0.29) is 5.92 Å². The predicted molar refractivity (Wildman–Crippen MR) is 70.5 cm³/mol. The van der Waals surface area contributed by atoms with Crippen LogP contribution in [-0.2, 0) is 9.59 Å². The SMILES string of the molecule is CC(CC(C(N)=O)C(C)C(N)=O)c1ccccc1. The van der Waals surface area contributed by atoms with Gasteiger partial charge in [-0.2, -0.15) is 0 Å². The molecule has 1 rings (SSSR count). The largest absolute Gasteiger partial charge is 0.369 e. The van der Waals surface area contributed by atoms with Crippen molar-refractivity contribution in [3.05, 3.63) is 35.9 Å². The molecule has 1 aromatic carbocycles. The lowest BCUT2D eigenvalue weighted by Gasteiger charge is -2.22. The summed E-state index contributed by atoms with van der Waals surface area (Å²) in [7, 11) is 0. The highest BCUT2D eigenvalue weighted by Crippen LogP contribution is 2.27. The lowest BCUT2D eigenvalue weighted by molar-refractivity contribution is -0.131. The monoisotopic (exact) mass is 248 g/mol. The highest BCUT2D eigenvalue weighted by molar-refractivity contribution is 5.85. The summed E-state index contributed by atoms with van der Waals surface area (Å²) in [5.74, 6) is -1.85. The van der Waals surface area contributed by atoms with E-state index in [0.29, 0.717) is 6.42 Å². The number of hydrogen-bond donors (Lipinski definition) is 2. The summed E-state index contributed by atoms with van der Waals surface area (Å²) in [5, 5.41) is 0. The first-order valence-electron chi connectivity index (χ1n) is 6.07. The maximum absolute atomic E-state index is 11.4. The van der Waals surface area contributed by atoms with Gasteiger partial charge in [-0.05, 0) is 17.9 Å². The quantitative estimate of drug-likeness (QED) is 0.797. The average molecular weight is 248 g/mol. The van der Waals surface area contributed by atoms with Gasteiger partial charge < -0.3 is 11.5 Å². The molecule has 0 spiro atoms. The molecule has 0 heterocycles. The van der Waals surface area contributed by atoms with E-state index in [1.165, 1.54) is 0 Å². The van der Waals surface area contributed by atoms with Crippen molar-refractivity contribution in [2.45, 2.75) is 26.2 Å². The minimum Gasteiger partial charge on any atom is -0.369 e. The van der Waals surface area contributed by atoms with Gasteiger partial charge in [0.05, 0.1) is 0 Å². The van der Waals surface area contributed by atoms with Gasteiger partial charge in [0.25, 0.3) is 0 Å². The fourth-order valence-corrected chi connectivity index (χ4v) is 2.06. The molecule has 3 unspecified atom stereocenters. The summed E-state index contributed by atoms with van der Waals surface area (Å²) in [6.07, 6.45) is 0.531. The Kier molecular flexibility index (Phi) is 4.89. The molecule has 0 aliphatic rings. The average Bonchev–Trinajstić information content (AvgIpc) is 2.35. The fraction of sp³-hybridized carbons (Fsp3) is 0.429. The third-order valence-corrected chi connectivity index (χ3v) is 3.39. The van der Waals surface area contributed by atoms with Crippen LogP contribution in [0.15, 0.2) is 30.3 Å². The van der Waals surface area contributed by atoms with Gasteiger partial charge in [0, 0.05) is 11.8 Å². The number of amides is 2. The van der Waals surface area contributed by atoms with Crippen molar-refractivity contribution in [2.24, 2.45) is 23.3 Å². The second kappa shape index (κ2) is 6.19. The minimum atomic E-state index is -0.534. The van der Waals surface area contributed by atoms with Crippen molar-refractivity contribution >= 4 is 11.8 Å². The van der Waals surface area contributed by atoms with Gasteiger partial charge in [-0.1, -0.05) is 44.2 Å². The van der Waals surface area contributed by atoms with Crippen LogP contribution in [0.4, 0.5) is 0 Å². The first-order chi connectivity index (χ1) is 8.43. The van der Waals surface area contributed by atoms with Crippen LogP contribution >= 0.6 is 0 Å². The maximum atomic E-state index is 11.4. The highest BCUT2D eigenvalue weighted by atomic mass is 16.2. The van der Waals surface area contributed by atoms with Crippen molar-refractivity contribution in [3.8, 4) is 0 Å². The second-order valence-electron chi connectivity index (χ2n) is 4.75. The summed E-state index contributed by atoms with van der Waals surface area (Å²) in [6, 6.07) is 9.83. The van der Waals surface area contributed by atoms with Crippen LogP contribution in [0.2, 0.25) is 0 Å². The van der Waals surface area contributed by atoms with Crippen molar-refractivity contribution in [3.63, 3.8) is 0 Å². The second-order valence-corrected chi connectivity index (χ2v) is 4.75. The number of rotatable bonds is 6. The Labute approximate surface area is 107 Å². The molecule has 0 aliphatic heterocycles. The van der Waals surface area contributed by atoms with Crippen molar-refractivity contribution < 1.29 is 9.59 Å². The Morgan fingerprint density at radius 3 is 2.06 bits per heavy atom. The maximum Gasteiger partial charge on any atom is 0.221 e. The van der Waals surface area contributed by atoms with E-state index < -0.39 is 23.7 Å². The number of primary amides is 2. The van der Waals surface area contributed by atoms with E-state index >= 15 is 0 Å². The molecule has 4 heteroatoms. The van der Waals surface area contributed by atoms with E-state index in [0.717, 1.165) is 5.56 Å². The number of benzene rings is 1. The summed E-state index contributed by atoms with van der Waals surface area (Å²) < 4.78 is 0. The Balaban J connectivity index is 2.79. The van der Waals surface area contributed by atoms with E-state index in [4.69, 9.17) is 11.5 Å². The molecule has 98 valence electrons.